The smallest absolute Gasteiger partial charge is 0.205 e. The molecule has 0 aromatic carbocycles. The van der Waals surface area contributed by atoms with E-state index in [0.717, 1.165) is 28.0 Å². The Morgan fingerprint density at radius 3 is 2.55 bits per heavy atom. The van der Waals surface area contributed by atoms with E-state index in [9.17, 15) is 4.39 Å². The molecule has 0 atom stereocenters. The Kier molecular flexibility index (Phi) is 9.55. The van der Waals surface area contributed by atoms with E-state index < -0.39 is 5.83 Å². The van der Waals surface area contributed by atoms with Crippen molar-refractivity contribution in [3.05, 3.63) is 82.7 Å². The number of nitrogens with zero attached hydrogens (tertiary/aromatic N) is 2. The van der Waals surface area contributed by atoms with Gasteiger partial charge in [-0.2, -0.15) is 0 Å². The van der Waals surface area contributed by atoms with Gasteiger partial charge in [-0.1, -0.05) is 36.3 Å². The highest BCUT2D eigenvalue weighted by molar-refractivity contribution is 6.16. The predicted octanol–water partition coefficient (Wildman–Crippen LogP) is 6.57. The molecule has 0 bridgehead atoms. The van der Waals surface area contributed by atoms with Gasteiger partial charge in [-0.3, -0.25) is 4.99 Å². The summed E-state index contributed by atoms with van der Waals surface area (Å²) in [5, 5.41) is 0. The Labute approximate surface area is 174 Å². The number of hydrogen-bond donors (Lipinski definition) is 0. The summed E-state index contributed by atoms with van der Waals surface area (Å²) in [4.78, 5) is 8.98. The van der Waals surface area contributed by atoms with Gasteiger partial charge in [0.1, 0.15) is 5.83 Å². The Morgan fingerprint density at radius 1 is 1.34 bits per heavy atom. The number of halogens is 1. The number of allylic oxidation sites excluding steroid dienone is 9. The zero-order valence-electron chi connectivity index (χ0n) is 18.0. The van der Waals surface area contributed by atoms with E-state index in [4.69, 9.17) is 16.2 Å². The Hall–Kier alpha value is -3.19. The standard InChI is InChI=1S/C25H29FN2O/c1-9-20-22(14-12-13-15-24(20)26)21(10-2)25(11-3)28-18(6)23(17(4)5)16-27-19(7)29-8/h1,10-11,13,15-16H,2,7,12,14H2,3-6,8H3/b22-21-,25-11-,27-16-,28-18-. The van der Waals surface area contributed by atoms with Gasteiger partial charge in [0.2, 0.25) is 5.88 Å². The largest absolute Gasteiger partial charge is 0.481 e. The van der Waals surface area contributed by atoms with E-state index in [1.54, 1.807) is 18.4 Å². The van der Waals surface area contributed by atoms with Crippen molar-refractivity contribution in [3.63, 3.8) is 0 Å². The van der Waals surface area contributed by atoms with Crippen molar-refractivity contribution in [1.29, 1.82) is 0 Å². The van der Waals surface area contributed by atoms with Crippen molar-refractivity contribution in [2.45, 2.75) is 40.5 Å². The molecule has 0 heterocycles. The molecule has 1 aliphatic rings. The zero-order chi connectivity index (χ0) is 22.0. The summed E-state index contributed by atoms with van der Waals surface area (Å²) < 4.78 is 19.4. The highest BCUT2D eigenvalue weighted by atomic mass is 19.1. The molecule has 0 N–H and O–H groups in total. The van der Waals surface area contributed by atoms with Crippen LogP contribution in [0.15, 0.2) is 92.7 Å². The Balaban J connectivity index is 3.54. The van der Waals surface area contributed by atoms with E-state index in [0.29, 0.717) is 24.4 Å². The van der Waals surface area contributed by atoms with Gasteiger partial charge in [0, 0.05) is 23.1 Å². The molecule has 0 aromatic heterocycles. The average molecular weight is 393 g/mol. The summed E-state index contributed by atoms with van der Waals surface area (Å²) in [6, 6.07) is 0. The molecule has 0 aromatic rings. The van der Waals surface area contributed by atoms with Gasteiger partial charge in [-0.15, -0.1) is 6.42 Å². The predicted molar refractivity (Wildman–Crippen MR) is 122 cm³/mol. The number of aliphatic imine (C=N–C) groups is 2. The molecule has 29 heavy (non-hydrogen) atoms. The van der Waals surface area contributed by atoms with Crippen LogP contribution in [0.5, 0.6) is 0 Å². The van der Waals surface area contributed by atoms with Crippen LogP contribution in [-0.4, -0.2) is 19.0 Å². The SMILES string of the molecule is C#CC1=C(F)C=CCC/C1=C(C=C)/C(=C/C)/N=C(/C)C(/C=N\C(=C)OC)=C(C)C. The molecule has 0 spiro atoms. The van der Waals surface area contributed by atoms with E-state index in [-0.39, 0.29) is 5.57 Å². The maximum Gasteiger partial charge on any atom is 0.205 e. The van der Waals surface area contributed by atoms with Gasteiger partial charge in [-0.05, 0) is 58.8 Å². The summed E-state index contributed by atoms with van der Waals surface area (Å²) in [5.41, 5.74) is 5.03. The van der Waals surface area contributed by atoms with Gasteiger partial charge in [0.25, 0.3) is 0 Å². The number of methoxy groups -OCH3 is 1. The molecule has 0 unspecified atom stereocenters. The van der Waals surface area contributed by atoms with Crippen LogP contribution in [0.4, 0.5) is 4.39 Å². The molecule has 0 saturated carbocycles. The second-order valence-corrected chi connectivity index (χ2v) is 6.55. The fourth-order valence-electron chi connectivity index (χ4n) is 2.87. The van der Waals surface area contributed by atoms with E-state index >= 15 is 0 Å². The summed E-state index contributed by atoms with van der Waals surface area (Å²) in [6.45, 7) is 15.3. The van der Waals surface area contributed by atoms with E-state index in [1.165, 1.54) is 13.2 Å². The van der Waals surface area contributed by atoms with E-state index in [2.05, 4.69) is 24.1 Å². The summed E-state index contributed by atoms with van der Waals surface area (Å²) >= 11 is 0. The summed E-state index contributed by atoms with van der Waals surface area (Å²) in [7, 11) is 1.51. The average Bonchev–Trinajstić information content (AvgIpc) is 2.88. The van der Waals surface area contributed by atoms with Gasteiger partial charge < -0.3 is 4.74 Å². The number of hydrogen-bond acceptors (Lipinski definition) is 3. The molecule has 0 saturated heterocycles. The maximum atomic E-state index is 14.4. The lowest BCUT2D eigenvalue weighted by atomic mass is 9.94. The number of ether oxygens (including phenoxy) is 1. The van der Waals surface area contributed by atoms with Crippen LogP contribution in [0.2, 0.25) is 0 Å². The van der Waals surface area contributed by atoms with E-state index in [1.807, 2.05) is 33.8 Å². The minimum absolute atomic E-state index is 0.251. The van der Waals surface area contributed by atoms with Gasteiger partial charge in [-0.25, -0.2) is 9.38 Å². The highest BCUT2D eigenvalue weighted by Crippen LogP contribution is 2.31. The molecular formula is C25H29FN2O. The molecule has 3 nitrogen and oxygen atoms in total. The molecule has 0 aliphatic heterocycles. The van der Waals surface area contributed by atoms with Crippen LogP contribution < -0.4 is 0 Å². The topological polar surface area (TPSA) is 34.0 Å². The molecule has 1 rings (SSSR count). The maximum absolute atomic E-state index is 14.4. The summed E-state index contributed by atoms with van der Waals surface area (Å²) in [5.74, 6) is 2.38. The Morgan fingerprint density at radius 2 is 2.03 bits per heavy atom. The van der Waals surface area contributed by atoms with Crippen LogP contribution in [0.3, 0.4) is 0 Å². The first-order valence-corrected chi connectivity index (χ1v) is 9.36. The van der Waals surface area contributed by atoms with Crippen molar-refractivity contribution >= 4 is 11.9 Å². The van der Waals surface area contributed by atoms with Crippen LogP contribution >= 0.6 is 0 Å². The molecular weight excluding hydrogens is 363 g/mol. The fourth-order valence-corrected chi connectivity index (χ4v) is 2.87. The van der Waals surface area contributed by atoms with Crippen LogP contribution in [0, 0.1) is 12.3 Å². The van der Waals surface area contributed by atoms with Crippen LogP contribution in [0.25, 0.3) is 0 Å². The molecule has 0 amide bonds. The van der Waals surface area contributed by atoms with Crippen LogP contribution in [0.1, 0.15) is 40.5 Å². The lowest BCUT2D eigenvalue weighted by molar-refractivity contribution is 0.291. The van der Waals surface area contributed by atoms with Gasteiger partial charge in [0.05, 0.1) is 18.4 Å². The quantitative estimate of drug-likeness (QED) is 0.274. The lowest BCUT2D eigenvalue weighted by Gasteiger charge is -2.14. The minimum atomic E-state index is -0.411. The third-order valence-corrected chi connectivity index (χ3v) is 4.38. The van der Waals surface area contributed by atoms with Gasteiger partial charge in [0.15, 0.2) is 0 Å². The minimum Gasteiger partial charge on any atom is -0.481 e. The molecule has 152 valence electrons. The molecule has 1 aliphatic carbocycles. The monoisotopic (exact) mass is 392 g/mol. The fraction of sp³-hybridized carbons (Fsp3) is 0.280. The molecule has 0 fully saturated rings. The van der Waals surface area contributed by atoms with Crippen LogP contribution in [-0.2, 0) is 4.74 Å². The van der Waals surface area contributed by atoms with Gasteiger partial charge >= 0.3 is 0 Å². The third-order valence-electron chi connectivity index (χ3n) is 4.38. The normalized spacial score (nSPS) is 17.0. The second-order valence-electron chi connectivity index (χ2n) is 6.55. The number of rotatable bonds is 7. The Bertz CT molecular complexity index is 924. The third kappa shape index (κ3) is 6.43. The zero-order valence-corrected chi connectivity index (χ0v) is 18.0. The van der Waals surface area contributed by atoms with Crippen molar-refractivity contribution in [3.8, 4) is 12.3 Å². The van der Waals surface area contributed by atoms with Crippen molar-refractivity contribution in [1.82, 2.24) is 0 Å². The first kappa shape index (κ1) is 23.8. The van der Waals surface area contributed by atoms with Crippen molar-refractivity contribution in [2.24, 2.45) is 9.98 Å². The van der Waals surface area contributed by atoms with Crippen molar-refractivity contribution < 1.29 is 9.13 Å². The second kappa shape index (κ2) is 11.6. The number of terminal acetylenes is 1. The highest BCUT2D eigenvalue weighted by Gasteiger charge is 2.17. The van der Waals surface area contributed by atoms with Crippen molar-refractivity contribution in [2.75, 3.05) is 7.11 Å². The summed E-state index contributed by atoms with van der Waals surface area (Å²) in [6.07, 6.45) is 15.3. The first-order valence-electron chi connectivity index (χ1n) is 9.36. The molecule has 4 heteroatoms. The first-order chi connectivity index (χ1) is 13.8. The lowest BCUT2D eigenvalue weighted by Crippen LogP contribution is -2.04. The molecule has 0 radical (unpaired) electrons.